The van der Waals surface area contributed by atoms with E-state index in [0.717, 1.165) is 8.95 Å². The maximum atomic E-state index is 8.86. The van der Waals surface area contributed by atoms with Crippen LogP contribution in [0, 0.1) is 6.92 Å². The Bertz CT molecular complexity index is 682. The number of aryl methyl sites for hydroxylation is 2. The van der Waals surface area contributed by atoms with Crippen molar-refractivity contribution < 1.29 is 9.94 Å². The van der Waals surface area contributed by atoms with Crippen LogP contribution in [0.3, 0.4) is 0 Å². The molecule has 0 bridgehead atoms. The predicted octanol–water partition coefficient (Wildman–Crippen LogP) is 3.14. The van der Waals surface area contributed by atoms with E-state index < -0.39 is 0 Å². The van der Waals surface area contributed by atoms with Gasteiger partial charge in [-0.2, -0.15) is 5.10 Å². The Hall–Kier alpha value is -1.54. The molecule has 0 aliphatic heterocycles. The topological polar surface area (TPSA) is 85.7 Å². The first kappa shape index (κ1) is 14.9. The van der Waals surface area contributed by atoms with Crippen LogP contribution in [0.5, 0.6) is 11.6 Å². The first-order chi connectivity index (χ1) is 9.43. The van der Waals surface area contributed by atoms with E-state index in [0.29, 0.717) is 22.9 Å². The zero-order valence-corrected chi connectivity index (χ0v) is 13.9. The molecule has 1 aromatic heterocycles. The molecule has 106 valence electrons. The van der Waals surface area contributed by atoms with E-state index in [4.69, 9.17) is 15.7 Å². The zero-order chi connectivity index (χ0) is 14.9. The van der Waals surface area contributed by atoms with Crippen LogP contribution >= 0.6 is 31.9 Å². The van der Waals surface area contributed by atoms with Gasteiger partial charge >= 0.3 is 0 Å². The number of rotatable bonds is 3. The largest absolute Gasteiger partial charge is 0.437 e. The van der Waals surface area contributed by atoms with Crippen LogP contribution in [0.25, 0.3) is 0 Å². The summed E-state index contributed by atoms with van der Waals surface area (Å²) in [5.74, 6) is 0.961. The van der Waals surface area contributed by atoms with E-state index in [2.05, 4.69) is 42.1 Å². The molecular formula is C12H12Br2N4O2. The molecule has 2 aromatic rings. The molecule has 0 aliphatic rings. The molecule has 0 spiro atoms. The van der Waals surface area contributed by atoms with Crippen molar-refractivity contribution in [2.75, 3.05) is 0 Å². The summed E-state index contributed by atoms with van der Waals surface area (Å²) in [4.78, 5) is 0. The molecule has 0 atom stereocenters. The normalized spacial score (nSPS) is 11.7. The van der Waals surface area contributed by atoms with Gasteiger partial charge in [0, 0.05) is 11.5 Å². The minimum Gasteiger partial charge on any atom is -0.437 e. The van der Waals surface area contributed by atoms with Gasteiger partial charge in [-0.05, 0) is 41.1 Å². The van der Waals surface area contributed by atoms with Gasteiger partial charge in [-0.1, -0.05) is 21.1 Å². The van der Waals surface area contributed by atoms with E-state index in [9.17, 15) is 0 Å². The van der Waals surface area contributed by atoms with Crippen LogP contribution in [0.15, 0.2) is 32.3 Å². The summed E-state index contributed by atoms with van der Waals surface area (Å²) in [6.07, 6.45) is 0. The second-order valence-corrected chi connectivity index (χ2v) is 5.82. The van der Waals surface area contributed by atoms with E-state index in [1.165, 1.54) is 4.68 Å². The molecule has 0 amide bonds. The summed E-state index contributed by atoms with van der Waals surface area (Å²) in [6.45, 7) is 1.76. The van der Waals surface area contributed by atoms with E-state index in [-0.39, 0.29) is 5.84 Å². The molecule has 1 aromatic carbocycles. The summed E-state index contributed by atoms with van der Waals surface area (Å²) in [7, 11) is 1.73. The Kier molecular flexibility index (Phi) is 4.34. The van der Waals surface area contributed by atoms with Gasteiger partial charge in [-0.3, -0.25) is 0 Å². The molecule has 8 heteroatoms. The van der Waals surface area contributed by atoms with Crippen molar-refractivity contribution >= 4 is 37.7 Å². The van der Waals surface area contributed by atoms with Crippen LogP contribution < -0.4 is 10.5 Å². The maximum absolute atomic E-state index is 8.86. The Labute approximate surface area is 132 Å². The number of oxime groups is 1. The summed E-state index contributed by atoms with van der Waals surface area (Å²) >= 11 is 6.79. The molecular weight excluding hydrogens is 392 g/mol. The number of nitrogens with zero attached hydrogens (tertiary/aromatic N) is 3. The maximum Gasteiger partial charge on any atom is 0.229 e. The molecule has 0 aliphatic carbocycles. The lowest BCUT2D eigenvalue weighted by atomic mass is 10.2. The molecule has 0 unspecified atom stereocenters. The van der Waals surface area contributed by atoms with Crippen LogP contribution in [0.1, 0.15) is 11.3 Å². The van der Waals surface area contributed by atoms with Crippen LogP contribution in [-0.2, 0) is 7.05 Å². The minimum absolute atomic E-state index is 0.0427. The molecule has 0 radical (unpaired) electrons. The van der Waals surface area contributed by atoms with Crippen molar-refractivity contribution in [2.45, 2.75) is 6.92 Å². The van der Waals surface area contributed by atoms with Gasteiger partial charge in [0.15, 0.2) is 5.84 Å². The molecule has 6 nitrogen and oxygen atoms in total. The smallest absolute Gasteiger partial charge is 0.229 e. The van der Waals surface area contributed by atoms with Gasteiger partial charge in [0.1, 0.15) is 11.3 Å². The number of amidine groups is 1. The Morgan fingerprint density at radius 1 is 1.45 bits per heavy atom. The van der Waals surface area contributed by atoms with Gasteiger partial charge in [0.25, 0.3) is 0 Å². The number of aromatic nitrogens is 2. The Balaban J connectivity index is 2.48. The summed E-state index contributed by atoms with van der Waals surface area (Å²) in [6, 6.07) is 5.51. The van der Waals surface area contributed by atoms with Crippen LogP contribution in [0.4, 0.5) is 0 Å². The lowest BCUT2D eigenvalue weighted by Crippen LogP contribution is -2.15. The molecule has 20 heavy (non-hydrogen) atoms. The van der Waals surface area contributed by atoms with Gasteiger partial charge in [0.05, 0.1) is 10.2 Å². The minimum atomic E-state index is -0.0427. The fraction of sp³-hybridized carbons (Fsp3) is 0.167. The second kappa shape index (κ2) is 5.84. The van der Waals surface area contributed by atoms with Crippen molar-refractivity contribution in [3.8, 4) is 11.6 Å². The number of hydrogen-bond acceptors (Lipinski definition) is 4. The third-order valence-electron chi connectivity index (χ3n) is 2.63. The molecule has 0 saturated heterocycles. The van der Waals surface area contributed by atoms with Gasteiger partial charge in [0.2, 0.25) is 5.88 Å². The van der Waals surface area contributed by atoms with Crippen molar-refractivity contribution in [1.29, 1.82) is 0 Å². The predicted molar refractivity (Wildman–Crippen MR) is 82.4 cm³/mol. The quantitative estimate of drug-likeness (QED) is 0.356. The number of benzene rings is 1. The first-order valence-corrected chi connectivity index (χ1v) is 7.17. The highest BCUT2D eigenvalue weighted by Gasteiger charge is 2.20. The lowest BCUT2D eigenvalue weighted by molar-refractivity contribution is 0.318. The summed E-state index contributed by atoms with van der Waals surface area (Å²) < 4.78 is 9.07. The number of halogens is 2. The number of ether oxygens (including phenoxy) is 1. The fourth-order valence-electron chi connectivity index (χ4n) is 1.76. The fourth-order valence-corrected chi connectivity index (χ4v) is 2.89. The van der Waals surface area contributed by atoms with E-state index in [1.54, 1.807) is 20.0 Å². The van der Waals surface area contributed by atoms with Crippen molar-refractivity contribution in [2.24, 2.45) is 17.9 Å². The monoisotopic (exact) mass is 402 g/mol. The third-order valence-corrected chi connectivity index (χ3v) is 3.75. The lowest BCUT2D eigenvalue weighted by Gasteiger charge is -2.10. The van der Waals surface area contributed by atoms with Crippen LogP contribution in [0.2, 0.25) is 0 Å². The van der Waals surface area contributed by atoms with Gasteiger partial charge in [-0.25, -0.2) is 4.68 Å². The molecule has 3 N–H and O–H groups in total. The van der Waals surface area contributed by atoms with Crippen LogP contribution in [-0.4, -0.2) is 20.8 Å². The average molecular weight is 404 g/mol. The first-order valence-electron chi connectivity index (χ1n) is 5.58. The second-order valence-electron chi connectivity index (χ2n) is 4.05. The van der Waals surface area contributed by atoms with Crippen molar-refractivity contribution in [3.63, 3.8) is 0 Å². The standard InChI is InChI=1S/C12H12Br2N4O2/c1-6-10(11(15)17-19)12(18(2)16-6)20-9-4-3-7(13)5-8(9)14/h3-5,19H,1-2H3,(H2,15,17). The van der Waals surface area contributed by atoms with Gasteiger partial charge < -0.3 is 15.7 Å². The SMILES string of the molecule is Cc1nn(C)c(Oc2ccc(Br)cc2Br)c1C(N)=NO. The molecule has 0 saturated carbocycles. The van der Waals surface area contributed by atoms with E-state index in [1.807, 2.05) is 12.1 Å². The zero-order valence-electron chi connectivity index (χ0n) is 10.8. The summed E-state index contributed by atoms with van der Waals surface area (Å²) in [5.41, 5.74) is 6.75. The van der Waals surface area contributed by atoms with Crippen molar-refractivity contribution in [1.82, 2.24) is 9.78 Å². The highest BCUT2D eigenvalue weighted by Crippen LogP contribution is 2.34. The highest BCUT2D eigenvalue weighted by atomic mass is 79.9. The third kappa shape index (κ3) is 2.80. The average Bonchev–Trinajstić information content (AvgIpc) is 2.66. The van der Waals surface area contributed by atoms with E-state index >= 15 is 0 Å². The van der Waals surface area contributed by atoms with Gasteiger partial charge in [-0.15, -0.1) is 0 Å². The van der Waals surface area contributed by atoms with Crippen molar-refractivity contribution in [3.05, 3.63) is 38.4 Å². The number of hydrogen-bond donors (Lipinski definition) is 2. The Morgan fingerprint density at radius 2 is 2.15 bits per heavy atom. The Morgan fingerprint density at radius 3 is 2.75 bits per heavy atom. The number of nitrogens with two attached hydrogens (primary N) is 1. The summed E-state index contributed by atoms with van der Waals surface area (Å²) in [5, 5.41) is 16.1. The molecule has 1 heterocycles. The molecule has 0 fully saturated rings. The molecule has 2 rings (SSSR count). The highest BCUT2D eigenvalue weighted by molar-refractivity contribution is 9.11.